The summed E-state index contributed by atoms with van der Waals surface area (Å²) in [7, 11) is -3.29. The molecule has 6 nitrogen and oxygen atoms in total. The Kier molecular flexibility index (Phi) is 5.72. The number of rotatable bonds is 6. The van der Waals surface area contributed by atoms with Gasteiger partial charge in [-0.05, 0) is 23.0 Å². The first kappa shape index (κ1) is 20.1. The molecule has 2 aliphatic heterocycles. The molecule has 0 bridgehead atoms. The summed E-state index contributed by atoms with van der Waals surface area (Å²) in [5.41, 5.74) is 2.10. The molecule has 3 atom stereocenters. The maximum Gasteiger partial charge on any atom is 0.234 e. The lowest BCUT2D eigenvalue weighted by molar-refractivity contribution is -0.122. The number of amides is 1. The van der Waals surface area contributed by atoms with Crippen molar-refractivity contribution in [3.63, 3.8) is 0 Å². The van der Waals surface area contributed by atoms with Crippen molar-refractivity contribution in [3.05, 3.63) is 71.8 Å². The third-order valence-corrected chi connectivity index (χ3v) is 7.19. The number of carbonyl (C=O) groups excluding carboxylic acids is 1. The van der Waals surface area contributed by atoms with E-state index in [1.54, 1.807) is 4.31 Å². The third kappa shape index (κ3) is 4.52. The van der Waals surface area contributed by atoms with Crippen molar-refractivity contribution in [2.75, 3.05) is 32.4 Å². The molecule has 29 heavy (non-hydrogen) atoms. The van der Waals surface area contributed by atoms with Crippen LogP contribution in [-0.4, -0.2) is 56.0 Å². The van der Waals surface area contributed by atoms with Gasteiger partial charge in [0.05, 0.1) is 18.8 Å². The molecule has 0 aliphatic carbocycles. The van der Waals surface area contributed by atoms with E-state index in [1.165, 1.54) is 6.26 Å². The van der Waals surface area contributed by atoms with Crippen molar-refractivity contribution >= 4 is 15.9 Å². The maximum absolute atomic E-state index is 12.4. The summed E-state index contributed by atoms with van der Waals surface area (Å²) in [5, 5.41) is 2.98. The maximum atomic E-state index is 12.4. The molecular weight excluding hydrogens is 386 g/mol. The van der Waals surface area contributed by atoms with E-state index in [9.17, 15) is 13.2 Å². The summed E-state index contributed by atoms with van der Waals surface area (Å²) in [6, 6.07) is 19.5. The molecule has 2 aromatic rings. The van der Waals surface area contributed by atoms with Gasteiger partial charge in [0.15, 0.2) is 0 Å². The lowest BCUT2D eigenvalue weighted by atomic mass is 9.90. The Hall–Kier alpha value is -2.22. The number of nitrogens with one attached hydrogen (secondary N) is 1. The van der Waals surface area contributed by atoms with E-state index in [0.717, 1.165) is 24.2 Å². The molecule has 2 heterocycles. The molecule has 2 aliphatic rings. The Morgan fingerprint density at radius 3 is 2.31 bits per heavy atom. The van der Waals surface area contributed by atoms with E-state index >= 15 is 0 Å². The highest BCUT2D eigenvalue weighted by atomic mass is 32.2. The number of sulfonamides is 1. The second-order valence-electron chi connectivity index (χ2n) is 8.07. The molecular formula is C22H27N3O3S. The summed E-state index contributed by atoms with van der Waals surface area (Å²) in [6.45, 7) is 2.87. The highest BCUT2D eigenvalue weighted by Gasteiger charge is 2.50. The molecule has 0 radical (unpaired) electrons. The van der Waals surface area contributed by atoms with Crippen LogP contribution >= 0.6 is 0 Å². The zero-order chi connectivity index (χ0) is 20.4. The molecule has 2 aromatic carbocycles. The molecule has 154 valence electrons. The minimum Gasteiger partial charge on any atom is -0.351 e. The predicted octanol–water partition coefficient (Wildman–Crippen LogP) is 1.87. The van der Waals surface area contributed by atoms with E-state index < -0.39 is 10.0 Å². The minimum atomic E-state index is -3.29. The second kappa shape index (κ2) is 8.26. The zero-order valence-corrected chi connectivity index (χ0v) is 17.4. The number of hydrogen-bond donors (Lipinski definition) is 1. The topological polar surface area (TPSA) is 69.7 Å². The van der Waals surface area contributed by atoms with Crippen LogP contribution in [0.25, 0.3) is 0 Å². The Morgan fingerprint density at radius 1 is 1.00 bits per heavy atom. The van der Waals surface area contributed by atoms with E-state index in [0.29, 0.717) is 19.6 Å². The van der Waals surface area contributed by atoms with Crippen molar-refractivity contribution in [2.45, 2.75) is 12.6 Å². The SMILES string of the molecule is CS(=O)(=O)N1C[C@H]2CN(CC(=O)NCc3ccccc3)C[C@H]2[C@@H]1c1ccccc1. The van der Waals surface area contributed by atoms with Gasteiger partial charge in [-0.15, -0.1) is 0 Å². The average molecular weight is 414 g/mol. The van der Waals surface area contributed by atoms with Crippen molar-refractivity contribution in [3.8, 4) is 0 Å². The summed E-state index contributed by atoms with van der Waals surface area (Å²) in [4.78, 5) is 14.6. The van der Waals surface area contributed by atoms with E-state index in [2.05, 4.69) is 10.2 Å². The van der Waals surface area contributed by atoms with Crippen LogP contribution in [0.3, 0.4) is 0 Å². The molecule has 1 amide bonds. The van der Waals surface area contributed by atoms with E-state index in [-0.39, 0.29) is 23.8 Å². The number of nitrogens with zero attached hydrogens (tertiary/aromatic N) is 2. The number of fused-ring (bicyclic) bond motifs is 1. The zero-order valence-electron chi connectivity index (χ0n) is 16.6. The minimum absolute atomic E-state index is 0.00468. The highest BCUT2D eigenvalue weighted by molar-refractivity contribution is 7.88. The fourth-order valence-electron chi connectivity index (χ4n) is 4.69. The first-order valence-electron chi connectivity index (χ1n) is 9.96. The molecule has 1 N–H and O–H groups in total. The van der Waals surface area contributed by atoms with E-state index in [4.69, 9.17) is 0 Å². The molecule has 0 aromatic heterocycles. The first-order chi connectivity index (χ1) is 13.9. The molecule has 7 heteroatoms. The van der Waals surface area contributed by atoms with Crippen molar-refractivity contribution in [1.29, 1.82) is 0 Å². The van der Waals surface area contributed by atoms with Gasteiger partial charge in [0.1, 0.15) is 0 Å². The Bertz CT molecular complexity index is 950. The van der Waals surface area contributed by atoms with Gasteiger partial charge in [0.2, 0.25) is 15.9 Å². The quantitative estimate of drug-likeness (QED) is 0.785. The average Bonchev–Trinajstić information content (AvgIpc) is 3.25. The van der Waals surface area contributed by atoms with Gasteiger partial charge < -0.3 is 5.32 Å². The molecule has 2 fully saturated rings. The van der Waals surface area contributed by atoms with Crippen molar-refractivity contribution in [2.24, 2.45) is 11.8 Å². The molecule has 0 spiro atoms. The lowest BCUT2D eigenvalue weighted by Crippen LogP contribution is -2.39. The molecule has 0 saturated carbocycles. The highest BCUT2D eigenvalue weighted by Crippen LogP contribution is 2.45. The van der Waals surface area contributed by atoms with Gasteiger partial charge in [0, 0.05) is 26.2 Å². The van der Waals surface area contributed by atoms with Crippen LogP contribution in [0.15, 0.2) is 60.7 Å². The van der Waals surface area contributed by atoms with Crippen LogP contribution in [0, 0.1) is 11.8 Å². The Labute approximate surface area is 172 Å². The van der Waals surface area contributed by atoms with E-state index in [1.807, 2.05) is 60.7 Å². The van der Waals surface area contributed by atoms with Gasteiger partial charge >= 0.3 is 0 Å². The van der Waals surface area contributed by atoms with Crippen LogP contribution in [0.4, 0.5) is 0 Å². The third-order valence-electron chi connectivity index (χ3n) is 5.96. The first-order valence-corrected chi connectivity index (χ1v) is 11.8. The van der Waals surface area contributed by atoms with Crippen LogP contribution in [-0.2, 0) is 21.4 Å². The van der Waals surface area contributed by atoms with Crippen LogP contribution in [0.1, 0.15) is 17.2 Å². The Morgan fingerprint density at radius 2 is 1.66 bits per heavy atom. The van der Waals surface area contributed by atoms with Gasteiger partial charge in [-0.2, -0.15) is 4.31 Å². The fourth-order valence-corrected chi connectivity index (χ4v) is 5.84. The number of likely N-dealkylation sites (tertiary alicyclic amines) is 1. The lowest BCUT2D eigenvalue weighted by Gasteiger charge is -2.28. The number of benzene rings is 2. The monoisotopic (exact) mass is 413 g/mol. The molecule has 4 rings (SSSR count). The van der Waals surface area contributed by atoms with Crippen LogP contribution in [0.2, 0.25) is 0 Å². The Balaban J connectivity index is 1.41. The van der Waals surface area contributed by atoms with Gasteiger partial charge in [-0.3, -0.25) is 9.69 Å². The summed E-state index contributed by atoms with van der Waals surface area (Å²) >= 11 is 0. The number of carbonyl (C=O) groups is 1. The van der Waals surface area contributed by atoms with Crippen LogP contribution in [0.5, 0.6) is 0 Å². The van der Waals surface area contributed by atoms with Gasteiger partial charge in [-0.1, -0.05) is 60.7 Å². The molecule has 0 unspecified atom stereocenters. The predicted molar refractivity (Wildman–Crippen MR) is 112 cm³/mol. The summed E-state index contributed by atoms with van der Waals surface area (Å²) in [6.07, 6.45) is 1.29. The number of hydrogen-bond acceptors (Lipinski definition) is 4. The molecule has 2 saturated heterocycles. The van der Waals surface area contributed by atoms with Gasteiger partial charge in [-0.25, -0.2) is 8.42 Å². The van der Waals surface area contributed by atoms with Crippen molar-refractivity contribution in [1.82, 2.24) is 14.5 Å². The smallest absolute Gasteiger partial charge is 0.234 e. The fraction of sp³-hybridized carbons (Fsp3) is 0.409. The van der Waals surface area contributed by atoms with Gasteiger partial charge in [0.25, 0.3) is 0 Å². The second-order valence-corrected chi connectivity index (χ2v) is 10.0. The standard InChI is InChI=1S/C22H27N3O3S/c1-29(27,28)25-14-19-13-24(15-20(19)22(25)18-10-6-3-7-11-18)16-21(26)23-12-17-8-4-2-5-9-17/h2-11,19-20,22H,12-16H2,1H3,(H,23,26)/t19-,20-,22+/m1/s1. The largest absolute Gasteiger partial charge is 0.351 e. The van der Waals surface area contributed by atoms with Crippen LogP contribution < -0.4 is 5.32 Å². The summed E-state index contributed by atoms with van der Waals surface area (Å²) in [5.74, 6) is 0.455. The normalized spacial score (nSPS) is 25.1. The summed E-state index contributed by atoms with van der Waals surface area (Å²) < 4.78 is 26.4. The van der Waals surface area contributed by atoms with Crippen molar-refractivity contribution < 1.29 is 13.2 Å².